The van der Waals surface area contributed by atoms with Crippen molar-refractivity contribution in [2.75, 3.05) is 0 Å². The van der Waals surface area contributed by atoms with Gasteiger partial charge in [0.15, 0.2) is 17.3 Å². The first-order chi connectivity index (χ1) is 5.27. The Morgan fingerprint density at radius 1 is 1.45 bits per heavy atom. The number of amidine groups is 1. The quantitative estimate of drug-likeness (QED) is 0.534. The van der Waals surface area contributed by atoms with Crippen molar-refractivity contribution in [1.82, 2.24) is 0 Å². The van der Waals surface area contributed by atoms with Crippen LogP contribution in [0.15, 0.2) is 20.0 Å². The summed E-state index contributed by atoms with van der Waals surface area (Å²) in [6, 6.07) is 0. The second kappa shape index (κ2) is 2.21. The molecule has 0 bridgehead atoms. The van der Waals surface area contributed by atoms with Gasteiger partial charge in [-0.1, -0.05) is 11.6 Å². The lowest BCUT2D eigenvalue weighted by Crippen LogP contribution is -2.29. The highest BCUT2D eigenvalue weighted by Crippen LogP contribution is 2.08. The van der Waals surface area contributed by atoms with Crippen LogP contribution >= 0.6 is 11.6 Å². The first kappa shape index (κ1) is 6.63. The minimum Gasteiger partial charge on any atom is -0.291 e. The van der Waals surface area contributed by atoms with Crippen molar-refractivity contribution < 1.29 is 0 Å². The Balaban J connectivity index is 2.46. The fourth-order valence-corrected chi connectivity index (χ4v) is 1.06. The molecule has 2 aliphatic heterocycles. The second-order valence-electron chi connectivity index (χ2n) is 2.01. The molecule has 0 aliphatic carbocycles. The summed E-state index contributed by atoms with van der Waals surface area (Å²) in [6.45, 7) is 0. The Labute approximate surface area is 67.4 Å². The SMILES string of the molecule is NC1N=C(Cl)C2=NC=NC2=N1. The van der Waals surface area contributed by atoms with E-state index in [1.165, 1.54) is 6.34 Å². The first-order valence-corrected chi connectivity index (χ1v) is 3.33. The van der Waals surface area contributed by atoms with Crippen molar-refractivity contribution in [1.29, 1.82) is 0 Å². The number of hydrogen-bond donors (Lipinski definition) is 1. The molecule has 0 aromatic carbocycles. The van der Waals surface area contributed by atoms with Gasteiger partial charge in [-0.3, -0.25) is 5.73 Å². The van der Waals surface area contributed by atoms with Gasteiger partial charge >= 0.3 is 0 Å². The van der Waals surface area contributed by atoms with E-state index < -0.39 is 6.29 Å². The van der Waals surface area contributed by atoms with E-state index in [0.717, 1.165) is 0 Å². The molecule has 0 aromatic heterocycles. The summed E-state index contributed by atoms with van der Waals surface area (Å²) in [7, 11) is 0. The number of fused-ring (bicyclic) bond motifs is 1. The normalized spacial score (nSPS) is 27.5. The van der Waals surface area contributed by atoms with Gasteiger partial charge in [0.05, 0.1) is 0 Å². The van der Waals surface area contributed by atoms with E-state index in [1.54, 1.807) is 0 Å². The third-order valence-corrected chi connectivity index (χ3v) is 1.55. The molecule has 6 heteroatoms. The molecule has 5 nitrogen and oxygen atoms in total. The third kappa shape index (κ3) is 0.979. The van der Waals surface area contributed by atoms with Crippen LogP contribution in [0.2, 0.25) is 0 Å². The molecule has 0 aromatic rings. The summed E-state index contributed by atoms with van der Waals surface area (Å²) in [6.07, 6.45) is 0.746. The van der Waals surface area contributed by atoms with E-state index in [2.05, 4.69) is 20.0 Å². The Kier molecular flexibility index (Phi) is 1.33. The lowest BCUT2D eigenvalue weighted by molar-refractivity contribution is 0.756. The minimum absolute atomic E-state index is 0.278. The fraction of sp³-hybridized carbons (Fsp3) is 0.200. The summed E-state index contributed by atoms with van der Waals surface area (Å²) in [4.78, 5) is 15.4. The van der Waals surface area contributed by atoms with E-state index in [4.69, 9.17) is 17.3 Å². The van der Waals surface area contributed by atoms with Crippen molar-refractivity contribution >= 4 is 34.7 Å². The van der Waals surface area contributed by atoms with Crippen molar-refractivity contribution in [2.45, 2.75) is 6.29 Å². The first-order valence-electron chi connectivity index (χ1n) is 2.95. The molecule has 0 spiro atoms. The van der Waals surface area contributed by atoms with Crippen LogP contribution in [-0.4, -0.2) is 29.3 Å². The molecule has 11 heavy (non-hydrogen) atoms. The predicted octanol–water partition coefficient (Wildman–Crippen LogP) is -0.239. The van der Waals surface area contributed by atoms with Crippen LogP contribution in [0.1, 0.15) is 0 Å². The molecule has 2 aliphatic rings. The number of rotatable bonds is 0. The average Bonchev–Trinajstić information content (AvgIpc) is 2.34. The standard InChI is InChI=1S/C5H4ClN5/c6-3-2-4(9-1-8-2)11-5(7)10-3/h1,5H,7H2. The largest absolute Gasteiger partial charge is 0.291 e. The zero-order valence-electron chi connectivity index (χ0n) is 5.40. The zero-order valence-corrected chi connectivity index (χ0v) is 6.15. The monoisotopic (exact) mass is 169 g/mol. The second-order valence-corrected chi connectivity index (χ2v) is 2.37. The van der Waals surface area contributed by atoms with Gasteiger partial charge in [-0.25, -0.2) is 20.0 Å². The Hall–Kier alpha value is -1.07. The number of hydrogen-bond acceptors (Lipinski definition) is 5. The molecule has 56 valence electrons. The summed E-state index contributed by atoms with van der Waals surface area (Å²) in [5.74, 6) is 0.470. The van der Waals surface area contributed by atoms with Crippen molar-refractivity contribution in [3.63, 3.8) is 0 Å². The summed E-state index contributed by atoms with van der Waals surface area (Å²) >= 11 is 5.69. The van der Waals surface area contributed by atoms with Gasteiger partial charge in [0.2, 0.25) is 0 Å². The van der Waals surface area contributed by atoms with E-state index in [1.807, 2.05) is 0 Å². The van der Waals surface area contributed by atoms with Crippen LogP contribution in [-0.2, 0) is 0 Å². The van der Waals surface area contributed by atoms with Crippen molar-refractivity contribution in [3.05, 3.63) is 0 Å². The highest BCUT2D eigenvalue weighted by atomic mass is 35.5. The van der Waals surface area contributed by atoms with Crippen molar-refractivity contribution in [3.8, 4) is 0 Å². The topological polar surface area (TPSA) is 75.5 Å². The fourth-order valence-electron chi connectivity index (χ4n) is 0.832. The van der Waals surface area contributed by atoms with E-state index in [9.17, 15) is 0 Å². The average molecular weight is 170 g/mol. The predicted molar refractivity (Wildman–Crippen MR) is 44.6 cm³/mol. The Morgan fingerprint density at radius 3 is 3.09 bits per heavy atom. The zero-order chi connectivity index (χ0) is 7.84. The van der Waals surface area contributed by atoms with Crippen LogP contribution < -0.4 is 5.73 Å². The summed E-state index contributed by atoms with van der Waals surface area (Å²) < 4.78 is 0. The van der Waals surface area contributed by atoms with Gasteiger partial charge in [-0.15, -0.1) is 0 Å². The molecule has 2 heterocycles. The van der Waals surface area contributed by atoms with E-state index in [0.29, 0.717) is 11.5 Å². The molecular weight excluding hydrogens is 166 g/mol. The molecular formula is C5H4ClN5. The molecule has 0 fully saturated rings. The molecule has 1 atom stereocenters. The molecule has 2 N–H and O–H groups in total. The van der Waals surface area contributed by atoms with Gasteiger partial charge in [-0.2, -0.15) is 0 Å². The molecule has 0 amide bonds. The number of nitrogens with zero attached hydrogens (tertiary/aromatic N) is 4. The Morgan fingerprint density at radius 2 is 2.27 bits per heavy atom. The van der Waals surface area contributed by atoms with Gasteiger partial charge < -0.3 is 0 Å². The van der Waals surface area contributed by atoms with E-state index in [-0.39, 0.29) is 5.17 Å². The minimum atomic E-state index is -0.633. The van der Waals surface area contributed by atoms with Gasteiger partial charge in [0.25, 0.3) is 0 Å². The van der Waals surface area contributed by atoms with Crippen LogP contribution in [0.25, 0.3) is 0 Å². The molecule has 0 saturated heterocycles. The molecule has 0 saturated carbocycles. The van der Waals surface area contributed by atoms with Crippen LogP contribution in [0.4, 0.5) is 0 Å². The Bertz CT molecular complexity index is 313. The van der Waals surface area contributed by atoms with Gasteiger partial charge in [0, 0.05) is 0 Å². The van der Waals surface area contributed by atoms with Crippen LogP contribution in [0.5, 0.6) is 0 Å². The smallest absolute Gasteiger partial charge is 0.195 e. The van der Waals surface area contributed by atoms with E-state index >= 15 is 0 Å². The maximum atomic E-state index is 5.69. The number of aliphatic imine (C=N–C) groups is 4. The maximum Gasteiger partial charge on any atom is 0.195 e. The third-order valence-electron chi connectivity index (χ3n) is 1.27. The lowest BCUT2D eigenvalue weighted by Gasteiger charge is -2.08. The highest BCUT2D eigenvalue weighted by molar-refractivity contribution is 6.94. The van der Waals surface area contributed by atoms with Crippen LogP contribution in [0, 0.1) is 0 Å². The summed E-state index contributed by atoms with van der Waals surface area (Å²) in [5, 5.41) is 0.278. The molecule has 1 unspecified atom stereocenters. The van der Waals surface area contributed by atoms with Crippen molar-refractivity contribution in [2.24, 2.45) is 25.7 Å². The maximum absolute atomic E-state index is 5.69. The number of halogens is 1. The highest BCUT2D eigenvalue weighted by Gasteiger charge is 2.22. The van der Waals surface area contributed by atoms with Gasteiger partial charge in [0.1, 0.15) is 12.1 Å². The lowest BCUT2D eigenvalue weighted by atomic mass is 10.3. The van der Waals surface area contributed by atoms with Gasteiger partial charge in [-0.05, 0) is 0 Å². The molecule has 0 radical (unpaired) electrons. The summed E-state index contributed by atoms with van der Waals surface area (Å²) in [5.41, 5.74) is 5.90. The van der Waals surface area contributed by atoms with Crippen LogP contribution in [0.3, 0.4) is 0 Å². The number of nitrogens with two attached hydrogens (primary N) is 1. The molecule has 2 rings (SSSR count).